The van der Waals surface area contributed by atoms with Crippen LogP contribution in [-0.4, -0.2) is 39.3 Å². The van der Waals surface area contributed by atoms with Gasteiger partial charge in [0.2, 0.25) is 5.91 Å². The van der Waals surface area contributed by atoms with Crippen molar-refractivity contribution in [3.63, 3.8) is 0 Å². The standard InChI is InChI=1S/C27H26IN3O2S/c28-22-13-15-23(16-14-22)29-25(32)18-24-26(33)31(19-21-10-5-2-6-11-21)27(34)30(24)17-7-12-20-8-3-1-4-9-20/h1-6,8-11,13-16,24H,7,12,17-19H2,(H,29,32). The maximum atomic E-state index is 13.4. The molecule has 5 nitrogen and oxygen atoms in total. The van der Waals surface area contributed by atoms with E-state index in [9.17, 15) is 9.59 Å². The maximum Gasteiger partial charge on any atom is 0.252 e. The van der Waals surface area contributed by atoms with Crippen molar-refractivity contribution in [2.75, 3.05) is 11.9 Å². The Morgan fingerprint density at radius 3 is 2.18 bits per heavy atom. The molecule has 0 aliphatic carbocycles. The second kappa shape index (κ2) is 11.6. The number of hydrogen-bond acceptors (Lipinski definition) is 3. The maximum absolute atomic E-state index is 13.4. The first-order valence-corrected chi connectivity index (χ1v) is 12.8. The highest BCUT2D eigenvalue weighted by molar-refractivity contribution is 14.1. The monoisotopic (exact) mass is 583 g/mol. The average molecular weight is 583 g/mol. The minimum Gasteiger partial charge on any atom is -0.336 e. The fraction of sp³-hybridized carbons (Fsp3) is 0.222. The summed E-state index contributed by atoms with van der Waals surface area (Å²) in [5.41, 5.74) is 2.97. The van der Waals surface area contributed by atoms with Crippen LogP contribution < -0.4 is 5.32 Å². The molecular weight excluding hydrogens is 557 g/mol. The number of rotatable bonds is 9. The van der Waals surface area contributed by atoms with Gasteiger partial charge in [-0.2, -0.15) is 0 Å². The Bertz CT molecular complexity index is 1140. The van der Waals surface area contributed by atoms with Gasteiger partial charge in [0.25, 0.3) is 5.91 Å². The topological polar surface area (TPSA) is 52.7 Å². The van der Waals surface area contributed by atoms with Crippen molar-refractivity contribution in [3.05, 3.63) is 99.6 Å². The number of benzene rings is 3. The highest BCUT2D eigenvalue weighted by Gasteiger charge is 2.42. The van der Waals surface area contributed by atoms with Gasteiger partial charge in [-0.1, -0.05) is 60.7 Å². The average Bonchev–Trinajstić information content (AvgIpc) is 3.06. The zero-order chi connectivity index (χ0) is 23.9. The van der Waals surface area contributed by atoms with Gasteiger partial charge in [-0.05, 0) is 83.0 Å². The van der Waals surface area contributed by atoms with E-state index < -0.39 is 6.04 Å². The molecule has 0 bridgehead atoms. The van der Waals surface area contributed by atoms with Crippen molar-refractivity contribution in [2.24, 2.45) is 0 Å². The largest absolute Gasteiger partial charge is 0.336 e. The molecule has 3 aromatic carbocycles. The summed E-state index contributed by atoms with van der Waals surface area (Å²) in [5.74, 6) is -0.316. The molecule has 3 aromatic rings. The van der Waals surface area contributed by atoms with Gasteiger partial charge in [0.05, 0.1) is 13.0 Å². The molecule has 4 rings (SSSR count). The first-order valence-electron chi connectivity index (χ1n) is 11.3. The van der Waals surface area contributed by atoms with Crippen LogP contribution in [0.25, 0.3) is 0 Å². The number of carbonyl (C=O) groups excluding carboxylic acids is 2. The molecule has 1 fully saturated rings. The van der Waals surface area contributed by atoms with Gasteiger partial charge in [-0.25, -0.2) is 0 Å². The summed E-state index contributed by atoms with van der Waals surface area (Å²) in [5, 5.41) is 3.41. The third kappa shape index (κ3) is 6.21. The Labute approximate surface area is 219 Å². The van der Waals surface area contributed by atoms with Gasteiger partial charge in [-0.3, -0.25) is 14.5 Å². The van der Waals surface area contributed by atoms with Gasteiger partial charge in [0.1, 0.15) is 6.04 Å². The lowest BCUT2D eigenvalue weighted by atomic mass is 10.1. The fourth-order valence-corrected chi connectivity index (χ4v) is 4.81. The molecule has 34 heavy (non-hydrogen) atoms. The second-order valence-electron chi connectivity index (χ2n) is 8.25. The van der Waals surface area contributed by atoms with Crippen LogP contribution in [-0.2, 0) is 22.6 Å². The number of anilines is 1. The lowest BCUT2D eigenvalue weighted by molar-refractivity contribution is -0.131. The van der Waals surface area contributed by atoms with Crippen molar-refractivity contribution < 1.29 is 9.59 Å². The van der Waals surface area contributed by atoms with E-state index in [4.69, 9.17) is 12.2 Å². The Hall–Kier alpha value is -2.78. The van der Waals surface area contributed by atoms with E-state index in [-0.39, 0.29) is 18.2 Å². The molecule has 0 saturated carbocycles. The number of thiocarbonyl (C=S) groups is 1. The number of aryl methyl sites for hydroxylation is 1. The molecule has 2 amide bonds. The van der Waals surface area contributed by atoms with Crippen LogP contribution in [0.3, 0.4) is 0 Å². The van der Waals surface area contributed by atoms with Gasteiger partial charge in [0, 0.05) is 15.8 Å². The molecule has 1 aliphatic rings. The van der Waals surface area contributed by atoms with E-state index in [0.717, 1.165) is 27.7 Å². The Balaban J connectivity index is 1.47. The summed E-state index contributed by atoms with van der Waals surface area (Å²) in [7, 11) is 0. The summed E-state index contributed by atoms with van der Waals surface area (Å²) >= 11 is 7.96. The van der Waals surface area contributed by atoms with E-state index in [0.29, 0.717) is 18.2 Å². The zero-order valence-electron chi connectivity index (χ0n) is 18.7. The smallest absolute Gasteiger partial charge is 0.252 e. The summed E-state index contributed by atoms with van der Waals surface area (Å²) in [6.07, 6.45) is 1.78. The minimum atomic E-state index is -0.601. The summed E-state index contributed by atoms with van der Waals surface area (Å²) in [6, 6.07) is 27.0. The lowest BCUT2D eigenvalue weighted by Crippen LogP contribution is -2.38. The van der Waals surface area contributed by atoms with E-state index >= 15 is 0 Å². The highest BCUT2D eigenvalue weighted by atomic mass is 127. The third-order valence-corrected chi connectivity index (χ3v) is 6.98. The molecular formula is C27H26IN3O2S. The summed E-state index contributed by atoms with van der Waals surface area (Å²) < 4.78 is 1.09. The quantitative estimate of drug-likeness (QED) is 0.276. The van der Waals surface area contributed by atoms with E-state index in [1.807, 2.05) is 77.7 Å². The van der Waals surface area contributed by atoms with Crippen molar-refractivity contribution in [3.8, 4) is 0 Å². The lowest BCUT2D eigenvalue weighted by Gasteiger charge is -2.24. The molecule has 174 valence electrons. The SMILES string of the molecule is O=C(CC1C(=O)N(Cc2ccccc2)C(=S)N1CCCc1ccccc1)Nc1ccc(I)cc1. The van der Waals surface area contributed by atoms with Crippen LogP contribution in [0.15, 0.2) is 84.9 Å². The predicted octanol–water partition coefficient (Wildman–Crippen LogP) is 5.25. The Morgan fingerprint density at radius 1 is 0.912 bits per heavy atom. The Morgan fingerprint density at radius 2 is 1.53 bits per heavy atom. The van der Waals surface area contributed by atoms with Crippen molar-refractivity contribution in [2.45, 2.75) is 31.8 Å². The van der Waals surface area contributed by atoms with Crippen LogP contribution in [0, 0.1) is 3.57 Å². The summed E-state index contributed by atoms with van der Waals surface area (Å²) in [6.45, 7) is 1.02. The van der Waals surface area contributed by atoms with Gasteiger partial charge < -0.3 is 10.2 Å². The molecule has 1 N–H and O–H groups in total. The van der Waals surface area contributed by atoms with Crippen molar-refractivity contribution in [1.29, 1.82) is 0 Å². The fourth-order valence-electron chi connectivity index (χ4n) is 4.08. The second-order valence-corrected chi connectivity index (χ2v) is 9.86. The summed E-state index contributed by atoms with van der Waals surface area (Å²) in [4.78, 5) is 29.8. The minimum absolute atomic E-state index is 0.0571. The molecule has 0 spiro atoms. The molecule has 0 radical (unpaired) electrons. The van der Waals surface area contributed by atoms with Crippen molar-refractivity contribution in [1.82, 2.24) is 9.80 Å². The number of nitrogens with zero attached hydrogens (tertiary/aromatic N) is 2. The number of carbonyl (C=O) groups is 2. The normalized spacial score (nSPS) is 15.6. The predicted molar refractivity (Wildman–Crippen MR) is 147 cm³/mol. The van der Waals surface area contributed by atoms with Gasteiger partial charge >= 0.3 is 0 Å². The van der Waals surface area contributed by atoms with Crippen LogP contribution in [0.2, 0.25) is 0 Å². The zero-order valence-corrected chi connectivity index (χ0v) is 21.7. The molecule has 0 aromatic heterocycles. The van der Waals surface area contributed by atoms with Crippen LogP contribution in [0.5, 0.6) is 0 Å². The molecule has 7 heteroatoms. The molecule has 1 saturated heterocycles. The van der Waals surface area contributed by atoms with Crippen LogP contribution in [0.4, 0.5) is 5.69 Å². The van der Waals surface area contributed by atoms with E-state index in [1.54, 1.807) is 4.90 Å². The first-order chi connectivity index (χ1) is 16.5. The first kappa shape index (κ1) is 24.3. The molecule has 1 heterocycles. The molecule has 1 atom stereocenters. The molecule has 1 unspecified atom stereocenters. The number of hydrogen-bond donors (Lipinski definition) is 1. The number of halogens is 1. The van der Waals surface area contributed by atoms with E-state index in [1.165, 1.54) is 5.56 Å². The Kier molecular flexibility index (Phi) is 8.29. The van der Waals surface area contributed by atoms with Crippen molar-refractivity contribution >= 4 is 57.4 Å². The highest BCUT2D eigenvalue weighted by Crippen LogP contribution is 2.24. The van der Waals surface area contributed by atoms with Gasteiger partial charge in [-0.15, -0.1) is 0 Å². The van der Waals surface area contributed by atoms with Crippen LogP contribution in [0.1, 0.15) is 24.0 Å². The van der Waals surface area contributed by atoms with Gasteiger partial charge in [0.15, 0.2) is 5.11 Å². The number of nitrogens with one attached hydrogen (secondary N) is 1. The third-order valence-electron chi connectivity index (χ3n) is 5.80. The van der Waals surface area contributed by atoms with E-state index in [2.05, 4.69) is 40.0 Å². The molecule has 1 aliphatic heterocycles. The number of amides is 2. The van der Waals surface area contributed by atoms with Crippen LogP contribution >= 0.6 is 34.8 Å².